The fraction of sp³-hybridized carbons (Fsp3) is 0.154. The molecule has 0 unspecified atom stereocenters. The van der Waals surface area contributed by atoms with Crippen molar-refractivity contribution in [2.24, 2.45) is 0 Å². The fourth-order valence-corrected chi connectivity index (χ4v) is 3.69. The minimum atomic E-state index is -0.390. The quantitative estimate of drug-likeness (QED) is 0.356. The Morgan fingerprint density at radius 3 is 2.76 bits per heavy atom. The highest BCUT2D eigenvalue weighted by Gasteiger charge is 2.10. The Morgan fingerprint density at radius 1 is 1.12 bits per heavy atom. The second-order valence-corrected chi connectivity index (χ2v) is 8.28. The minimum absolute atomic E-state index is 0.247. The van der Waals surface area contributed by atoms with Gasteiger partial charge in [0, 0.05) is 16.8 Å². The van der Waals surface area contributed by atoms with Gasteiger partial charge >= 0.3 is 0 Å². The zero-order valence-electron chi connectivity index (χ0n) is 18.3. The van der Waals surface area contributed by atoms with E-state index in [0.717, 1.165) is 22.4 Å². The third-order valence-electron chi connectivity index (χ3n) is 5.15. The van der Waals surface area contributed by atoms with E-state index in [0.29, 0.717) is 29.4 Å². The molecule has 5 nitrogen and oxygen atoms in total. The van der Waals surface area contributed by atoms with Gasteiger partial charge in [-0.3, -0.25) is 9.48 Å². The van der Waals surface area contributed by atoms with E-state index in [1.54, 1.807) is 29.2 Å². The van der Waals surface area contributed by atoms with Crippen molar-refractivity contribution in [3.63, 3.8) is 0 Å². The van der Waals surface area contributed by atoms with Crippen LogP contribution in [-0.2, 0) is 13.2 Å². The van der Waals surface area contributed by atoms with Crippen molar-refractivity contribution >= 4 is 23.2 Å². The Morgan fingerprint density at radius 2 is 1.97 bits per heavy atom. The first kappa shape index (κ1) is 22.6. The summed E-state index contributed by atoms with van der Waals surface area (Å²) in [7, 11) is 0. The Labute approximate surface area is 196 Å². The molecule has 0 aliphatic rings. The van der Waals surface area contributed by atoms with Gasteiger partial charge in [-0.05, 0) is 60.9 Å². The van der Waals surface area contributed by atoms with Crippen LogP contribution < -0.4 is 10.1 Å². The zero-order chi connectivity index (χ0) is 23.4. The molecule has 1 heterocycles. The van der Waals surface area contributed by atoms with Crippen LogP contribution in [0.4, 0.5) is 10.1 Å². The number of benzene rings is 3. The number of nitrogens with zero attached hydrogens (tertiary/aromatic N) is 2. The molecule has 0 atom stereocenters. The molecule has 7 heteroatoms. The smallest absolute Gasteiger partial charge is 0.255 e. The Balaban J connectivity index is 1.38. The lowest BCUT2D eigenvalue weighted by Gasteiger charge is -2.11. The van der Waals surface area contributed by atoms with E-state index in [2.05, 4.69) is 16.5 Å². The number of carbonyl (C=O) groups is 1. The summed E-state index contributed by atoms with van der Waals surface area (Å²) >= 11 is 6.08. The zero-order valence-corrected chi connectivity index (χ0v) is 19.1. The molecule has 1 N–H and O–H groups in total. The number of carbonyl (C=O) groups excluding carboxylic acids is 1. The first-order valence-electron chi connectivity index (χ1n) is 10.4. The Kier molecular flexibility index (Phi) is 6.75. The molecular formula is C26H23ClFN3O2. The first-order chi connectivity index (χ1) is 15.9. The van der Waals surface area contributed by atoms with E-state index in [9.17, 15) is 9.18 Å². The number of aryl methyl sites for hydroxylation is 2. The molecule has 0 fully saturated rings. The van der Waals surface area contributed by atoms with E-state index in [1.165, 1.54) is 17.7 Å². The SMILES string of the molecule is Cc1ccc(OCc2cccc(C(=O)Nc3cnn(Cc4ccc(F)cc4Cl)c3)c2)c(C)c1. The first-order valence-corrected chi connectivity index (χ1v) is 10.8. The lowest BCUT2D eigenvalue weighted by molar-refractivity contribution is 0.102. The molecule has 4 rings (SSSR count). The molecule has 0 radical (unpaired) electrons. The van der Waals surface area contributed by atoms with Gasteiger partial charge in [-0.1, -0.05) is 47.5 Å². The van der Waals surface area contributed by atoms with Gasteiger partial charge in [0.1, 0.15) is 18.2 Å². The summed E-state index contributed by atoms with van der Waals surface area (Å²) in [6, 6.07) is 17.6. The van der Waals surface area contributed by atoms with Crippen LogP contribution in [0.2, 0.25) is 5.02 Å². The highest BCUT2D eigenvalue weighted by atomic mass is 35.5. The topological polar surface area (TPSA) is 56.1 Å². The van der Waals surface area contributed by atoms with Crippen LogP contribution in [0.15, 0.2) is 73.1 Å². The monoisotopic (exact) mass is 463 g/mol. The minimum Gasteiger partial charge on any atom is -0.489 e. The lowest BCUT2D eigenvalue weighted by atomic mass is 10.1. The summed E-state index contributed by atoms with van der Waals surface area (Å²) in [6.07, 6.45) is 3.26. The number of amides is 1. The van der Waals surface area contributed by atoms with Crippen LogP contribution in [0, 0.1) is 19.7 Å². The van der Waals surface area contributed by atoms with Gasteiger partial charge in [0.15, 0.2) is 0 Å². The molecule has 0 bridgehead atoms. The Bertz CT molecular complexity index is 1300. The van der Waals surface area contributed by atoms with Crippen LogP contribution in [0.5, 0.6) is 5.75 Å². The number of nitrogens with one attached hydrogen (secondary N) is 1. The summed E-state index contributed by atoms with van der Waals surface area (Å²) in [4.78, 5) is 12.7. The van der Waals surface area contributed by atoms with Gasteiger partial charge < -0.3 is 10.1 Å². The van der Waals surface area contributed by atoms with Gasteiger partial charge in [-0.15, -0.1) is 0 Å². The van der Waals surface area contributed by atoms with E-state index in [4.69, 9.17) is 16.3 Å². The molecule has 4 aromatic rings. The molecule has 33 heavy (non-hydrogen) atoms. The second-order valence-electron chi connectivity index (χ2n) is 7.87. The van der Waals surface area contributed by atoms with Crippen molar-refractivity contribution in [3.05, 3.63) is 112 Å². The second kappa shape index (κ2) is 9.88. The number of halogens is 2. The van der Waals surface area contributed by atoms with Crippen molar-refractivity contribution < 1.29 is 13.9 Å². The maximum Gasteiger partial charge on any atom is 0.255 e. The van der Waals surface area contributed by atoms with Crippen LogP contribution in [-0.4, -0.2) is 15.7 Å². The number of hydrogen-bond donors (Lipinski definition) is 1. The number of ether oxygens (including phenoxy) is 1. The fourth-order valence-electron chi connectivity index (χ4n) is 3.47. The highest BCUT2D eigenvalue weighted by Crippen LogP contribution is 2.21. The third-order valence-corrected chi connectivity index (χ3v) is 5.50. The molecule has 1 amide bonds. The normalized spacial score (nSPS) is 10.8. The highest BCUT2D eigenvalue weighted by molar-refractivity contribution is 6.31. The molecule has 0 aliphatic heterocycles. The van der Waals surface area contributed by atoms with Gasteiger partial charge in [-0.2, -0.15) is 5.10 Å². The Hall–Kier alpha value is -3.64. The van der Waals surface area contributed by atoms with E-state index >= 15 is 0 Å². The summed E-state index contributed by atoms with van der Waals surface area (Å²) in [5.74, 6) is 0.186. The molecular weight excluding hydrogens is 441 g/mol. The van der Waals surface area contributed by atoms with Crippen LogP contribution in [0.3, 0.4) is 0 Å². The van der Waals surface area contributed by atoms with Crippen molar-refractivity contribution in [2.45, 2.75) is 27.0 Å². The molecule has 3 aromatic carbocycles. The summed E-state index contributed by atoms with van der Waals surface area (Å²) in [5.41, 5.74) is 4.95. The maximum atomic E-state index is 13.2. The van der Waals surface area contributed by atoms with E-state index in [-0.39, 0.29) is 5.91 Å². The lowest BCUT2D eigenvalue weighted by Crippen LogP contribution is -2.12. The van der Waals surface area contributed by atoms with E-state index in [1.807, 2.05) is 44.2 Å². The number of aromatic nitrogens is 2. The van der Waals surface area contributed by atoms with Gasteiger partial charge in [0.25, 0.3) is 5.91 Å². The van der Waals surface area contributed by atoms with Crippen molar-refractivity contribution in [3.8, 4) is 5.75 Å². The van der Waals surface area contributed by atoms with Gasteiger partial charge in [0.2, 0.25) is 0 Å². The maximum absolute atomic E-state index is 13.2. The molecule has 0 saturated heterocycles. The van der Waals surface area contributed by atoms with E-state index < -0.39 is 5.82 Å². The average Bonchev–Trinajstić information content (AvgIpc) is 3.22. The molecule has 0 aliphatic carbocycles. The number of hydrogen-bond acceptors (Lipinski definition) is 3. The average molecular weight is 464 g/mol. The van der Waals surface area contributed by atoms with Gasteiger partial charge in [-0.25, -0.2) is 4.39 Å². The predicted octanol–water partition coefficient (Wildman–Crippen LogP) is 6.17. The molecule has 1 aromatic heterocycles. The van der Waals surface area contributed by atoms with Crippen molar-refractivity contribution in [2.75, 3.05) is 5.32 Å². The van der Waals surface area contributed by atoms with Crippen molar-refractivity contribution in [1.29, 1.82) is 0 Å². The van der Waals surface area contributed by atoms with Gasteiger partial charge in [0.05, 0.1) is 18.4 Å². The number of rotatable bonds is 7. The largest absolute Gasteiger partial charge is 0.489 e. The van der Waals surface area contributed by atoms with Crippen LogP contribution in [0.1, 0.15) is 32.6 Å². The summed E-state index contributed by atoms with van der Waals surface area (Å²) in [5, 5.41) is 7.42. The number of anilines is 1. The van der Waals surface area contributed by atoms with Crippen molar-refractivity contribution in [1.82, 2.24) is 9.78 Å². The van der Waals surface area contributed by atoms with Crippen LogP contribution >= 0.6 is 11.6 Å². The van der Waals surface area contributed by atoms with Crippen LogP contribution in [0.25, 0.3) is 0 Å². The summed E-state index contributed by atoms with van der Waals surface area (Å²) in [6.45, 7) is 4.78. The predicted molar refractivity (Wildman–Crippen MR) is 127 cm³/mol. The summed E-state index contributed by atoms with van der Waals surface area (Å²) < 4.78 is 20.8. The third kappa shape index (κ3) is 5.79. The standard InChI is InChI=1S/C26H23ClFN3O2/c1-17-6-9-25(18(2)10-17)33-16-19-4-3-5-20(11-19)26(32)30-23-13-29-31(15-23)14-21-7-8-22(28)12-24(21)27/h3-13,15H,14,16H2,1-2H3,(H,30,32). The molecule has 0 saturated carbocycles. The molecule has 168 valence electrons. The molecule has 0 spiro atoms.